The van der Waals surface area contributed by atoms with Gasteiger partial charge in [0.25, 0.3) is 5.91 Å². The number of unbranched alkanes of at least 4 members (excludes halogenated alkanes) is 1. The van der Waals surface area contributed by atoms with Crippen LogP contribution in [0.15, 0.2) is 53.1 Å². The number of rotatable bonds is 9. The molecule has 0 aliphatic heterocycles. The molecule has 0 aliphatic carbocycles. The molecule has 0 unspecified atom stereocenters. The second-order valence-electron chi connectivity index (χ2n) is 7.63. The van der Waals surface area contributed by atoms with Crippen LogP contribution in [0, 0.1) is 6.92 Å². The van der Waals surface area contributed by atoms with E-state index in [1.165, 1.54) is 5.56 Å². The monoisotopic (exact) mass is 407 g/mol. The molecule has 3 rings (SSSR count). The third-order valence-corrected chi connectivity index (χ3v) is 4.84. The first-order valence-electron chi connectivity index (χ1n) is 10.4. The molecule has 0 spiro atoms. The maximum Gasteiger partial charge on any atom is 0.254 e. The van der Waals surface area contributed by atoms with Gasteiger partial charge in [0.1, 0.15) is 12.3 Å². The number of amides is 1. The summed E-state index contributed by atoms with van der Waals surface area (Å²) in [6.45, 7) is 9.03. The third-order valence-electron chi connectivity index (χ3n) is 4.84. The quantitative estimate of drug-likeness (QED) is 0.452. The van der Waals surface area contributed by atoms with Crippen molar-refractivity contribution in [3.63, 3.8) is 0 Å². The lowest BCUT2D eigenvalue weighted by atomic mass is 10.1. The molecule has 0 fully saturated rings. The smallest absolute Gasteiger partial charge is 0.254 e. The molecule has 1 aromatic heterocycles. The van der Waals surface area contributed by atoms with Crippen LogP contribution in [0.1, 0.15) is 55.4 Å². The van der Waals surface area contributed by atoms with Gasteiger partial charge in [-0.25, -0.2) is 0 Å². The number of aryl methyl sites for hydroxylation is 1. The summed E-state index contributed by atoms with van der Waals surface area (Å²) in [6, 6.07) is 15.2. The van der Waals surface area contributed by atoms with Gasteiger partial charge >= 0.3 is 0 Å². The van der Waals surface area contributed by atoms with E-state index in [9.17, 15) is 4.79 Å². The number of hydrogen-bond acceptors (Lipinski definition) is 5. The Balaban J connectivity index is 1.70. The summed E-state index contributed by atoms with van der Waals surface area (Å²) in [4.78, 5) is 19.3. The molecule has 2 aromatic carbocycles. The normalized spacial score (nSPS) is 11.0. The Hall–Kier alpha value is -3.15. The van der Waals surface area contributed by atoms with E-state index in [1.807, 2.05) is 57.2 Å². The highest BCUT2D eigenvalue weighted by molar-refractivity contribution is 5.94. The third kappa shape index (κ3) is 5.47. The molecule has 6 heteroatoms. The number of ether oxygens (including phenoxy) is 1. The number of aromatic nitrogens is 2. The molecule has 6 nitrogen and oxygen atoms in total. The van der Waals surface area contributed by atoms with E-state index in [0.717, 1.165) is 24.2 Å². The first-order valence-corrected chi connectivity index (χ1v) is 10.4. The fourth-order valence-electron chi connectivity index (χ4n) is 2.97. The lowest BCUT2D eigenvalue weighted by Gasteiger charge is -2.25. The minimum Gasteiger partial charge on any atom is -0.494 e. The Bertz CT molecular complexity index is 947. The van der Waals surface area contributed by atoms with Gasteiger partial charge in [0.05, 0.1) is 6.61 Å². The number of hydrogen-bond donors (Lipinski definition) is 0. The van der Waals surface area contributed by atoms with E-state index in [0.29, 0.717) is 23.9 Å². The molecular weight excluding hydrogens is 378 g/mol. The average Bonchev–Trinajstić information content (AvgIpc) is 3.21. The Morgan fingerprint density at radius 2 is 1.80 bits per heavy atom. The van der Waals surface area contributed by atoms with Crippen molar-refractivity contribution in [1.82, 2.24) is 15.0 Å². The van der Waals surface area contributed by atoms with Gasteiger partial charge in [0.2, 0.25) is 11.7 Å². The molecule has 0 radical (unpaired) electrons. The molecule has 30 heavy (non-hydrogen) atoms. The highest BCUT2D eigenvalue weighted by Gasteiger charge is 2.22. The van der Waals surface area contributed by atoms with Crippen LogP contribution in [0.5, 0.6) is 5.75 Å². The van der Waals surface area contributed by atoms with Gasteiger partial charge in [0.15, 0.2) is 0 Å². The number of carbonyl (C=O) groups is 1. The first-order chi connectivity index (χ1) is 14.5. The van der Waals surface area contributed by atoms with Crippen LogP contribution in [0.4, 0.5) is 0 Å². The second-order valence-corrected chi connectivity index (χ2v) is 7.63. The summed E-state index contributed by atoms with van der Waals surface area (Å²) in [5, 5.41) is 4.07. The minimum atomic E-state index is -0.0832. The van der Waals surface area contributed by atoms with Crippen LogP contribution in [0.2, 0.25) is 0 Å². The summed E-state index contributed by atoms with van der Waals surface area (Å²) in [7, 11) is 0. The van der Waals surface area contributed by atoms with Gasteiger partial charge in [0, 0.05) is 17.2 Å². The van der Waals surface area contributed by atoms with Crippen LogP contribution < -0.4 is 4.74 Å². The Morgan fingerprint density at radius 3 is 2.43 bits per heavy atom. The van der Waals surface area contributed by atoms with E-state index in [2.05, 4.69) is 17.1 Å². The molecular formula is C24H29N3O3. The maximum absolute atomic E-state index is 13.1. The number of carbonyl (C=O) groups excluding carboxylic acids is 1. The van der Waals surface area contributed by atoms with E-state index in [-0.39, 0.29) is 18.5 Å². The van der Waals surface area contributed by atoms with Crippen LogP contribution in [0.3, 0.4) is 0 Å². The van der Waals surface area contributed by atoms with Crippen LogP contribution in [-0.4, -0.2) is 33.6 Å². The molecule has 0 N–H and O–H groups in total. The lowest BCUT2D eigenvalue weighted by molar-refractivity contribution is 0.0667. The van der Waals surface area contributed by atoms with Gasteiger partial charge in [-0.2, -0.15) is 4.98 Å². The highest BCUT2D eigenvalue weighted by Crippen LogP contribution is 2.20. The summed E-state index contributed by atoms with van der Waals surface area (Å²) >= 11 is 0. The van der Waals surface area contributed by atoms with Gasteiger partial charge in [-0.15, -0.1) is 0 Å². The number of nitrogens with zero attached hydrogens (tertiary/aromatic N) is 3. The maximum atomic E-state index is 13.1. The highest BCUT2D eigenvalue weighted by atomic mass is 16.5. The van der Waals surface area contributed by atoms with E-state index in [4.69, 9.17) is 9.26 Å². The van der Waals surface area contributed by atoms with Crippen molar-refractivity contribution >= 4 is 5.91 Å². The molecule has 3 aromatic rings. The SMILES string of the molecule is CCCCOc1ccc(C(=O)N(Cc2nc(-c3ccc(C)cc3)no2)C(C)C)cc1. The predicted molar refractivity (Wildman–Crippen MR) is 116 cm³/mol. The van der Waals surface area contributed by atoms with E-state index < -0.39 is 0 Å². The van der Waals surface area contributed by atoms with E-state index >= 15 is 0 Å². The van der Waals surface area contributed by atoms with Gasteiger partial charge in [-0.3, -0.25) is 4.79 Å². The summed E-state index contributed by atoms with van der Waals surface area (Å²) in [5.74, 6) is 1.62. The fourth-order valence-corrected chi connectivity index (χ4v) is 2.97. The average molecular weight is 408 g/mol. The number of benzene rings is 2. The molecule has 0 saturated carbocycles. The van der Waals surface area contributed by atoms with Crippen molar-refractivity contribution in [3.8, 4) is 17.1 Å². The van der Waals surface area contributed by atoms with E-state index in [1.54, 1.807) is 17.0 Å². The second kappa shape index (κ2) is 10.1. The standard InChI is InChI=1S/C24H29N3O3/c1-5-6-15-29-21-13-11-20(12-14-21)24(28)27(17(2)3)16-22-25-23(26-30-22)19-9-7-18(4)8-10-19/h7-14,17H,5-6,15-16H2,1-4H3. The predicted octanol–water partition coefficient (Wildman–Crippen LogP) is 5.27. The van der Waals surface area contributed by atoms with Gasteiger partial charge < -0.3 is 14.2 Å². The summed E-state index contributed by atoms with van der Waals surface area (Å²) in [6.07, 6.45) is 2.10. The van der Waals surface area contributed by atoms with Crippen LogP contribution in [-0.2, 0) is 6.54 Å². The first kappa shape index (κ1) is 21.6. The lowest BCUT2D eigenvalue weighted by Crippen LogP contribution is -2.36. The van der Waals surface area contributed by atoms with Crippen LogP contribution in [0.25, 0.3) is 11.4 Å². The summed E-state index contributed by atoms with van der Waals surface area (Å²) < 4.78 is 11.1. The van der Waals surface area contributed by atoms with Crippen molar-refractivity contribution in [2.24, 2.45) is 0 Å². The minimum absolute atomic E-state index is 0.0206. The molecule has 0 atom stereocenters. The van der Waals surface area contributed by atoms with Crippen molar-refractivity contribution in [3.05, 3.63) is 65.5 Å². The topological polar surface area (TPSA) is 68.5 Å². The molecule has 0 saturated heterocycles. The summed E-state index contributed by atoms with van der Waals surface area (Å²) in [5.41, 5.74) is 2.65. The molecule has 1 heterocycles. The molecule has 0 bridgehead atoms. The molecule has 158 valence electrons. The molecule has 0 aliphatic rings. The fraction of sp³-hybridized carbons (Fsp3) is 0.375. The Morgan fingerprint density at radius 1 is 1.10 bits per heavy atom. The van der Waals surface area contributed by atoms with Gasteiger partial charge in [-0.1, -0.05) is 48.3 Å². The van der Waals surface area contributed by atoms with Crippen molar-refractivity contribution in [1.29, 1.82) is 0 Å². The Kier molecular flexibility index (Phi) is 7.22. The Labute approximate surface area is 177 Å². The zero-order chi connectivity index (χ0) is 21.5. The van der Waals surface area contributed by atoms with Crippen molar-refractivity contribution in [2.75, 3.05) is 6.61 Å². The van der Waals surface area contributed by atoms with Crippen molar-refractivity contribution in [2.45, 2.75) is 53.1 Å². The van der Waals surface area contributed by atoms with Crippen LogP contribution >= 0.6 is 0 Å². The zero-order valence-electron chi connectivity index (χ0n) is 18.1. The van der Waals surface area contributed by atoms with Gasteiger partial charge in [-0.05, 0) is 51.5 Å². The zero-order valence-corrected chi connectivity index (χ0v) is 18.1. The van der Waals surface area contributed by atoms with Crippen molar-refractivity contribution < 1.29 is 14.1 Å². The molecule has 1 amide bonds. The largest absolute Gasteiger partial charge is 0.494 e.